The van der Waals surface area contributed by atoms with E-state index in [9.17, 15) is 0 Å². The van der Waals surface area contributed by atoms with E-state index in [4.69, 9.17) is 0 Å². The Kier molecular flexibility index (Phi) is 3.05. The van der Waals surface area contributed by atoms with Gasteiger partial charge in [0.25, 0.3) is 0 Å². The van der Waals surface area contributed by atoms with Crippen molar-refractivity contribution in [2.24, 2.45) is 29.6 Å². The van der Waals surface area contributed by atoms with Gasteiger partial charge in [0.2, 0.25) is 0 Å². The summed E-state index contributed by atoms with van der Waals surface area (Å²) in [6.45, 7) is 6.98. The first-order chi connectivity index (χ1) is 8.74. The highest BCUT2D eigenvalue weighted by molar-refractivity contribution is 5.35. The lowest BCUT2D eigenvalue weighted by atomic mass is 9.80. The molecule has 3 aliphatic carbocycles. The molecule has 0 N–H and O–H groups in total. The highest BCUT2D eigenvalue weighted by Gasteiger charge is 2.45. The van der Waals surface area contributed by atoms with Crippen LogP contribution in [0.5, 0.6) is 0 Å². The quantitative estimate of drug-likeness (QED) is 0.643. The third-order valence-corrected chi connectivity index (χ3v) is 5.24. The molecule has 1 fully saturated rings. The fourth-order valence-corrected chi connectivity index (χ4v) is 4.06. The molecule has 4 atom stereocenters. The number of hydrogen-bond acceptors (Lipinski definition) is 0. The zero-order valence-corrected chi connectivity index (χ0v) is 11.8. The van der Waals surface area contributed by atoms with E-state index in [-0.39, 0.29) is 0 Å². The molecule has 0 nitrogen and oxygen atoms in total. The van der Waals surface area contributed by atoms with Crippen LogP contribution in [0.4, 0.5) is 0 Å². The summed E-state index contributed by atoms with van der Waals surface area (Å²) >= 11 is 0. The smallest absolute Gasteiger partial charge is 0.00955 e. The Bertz CT molecular complexity index is 405. The Hall–Kier alpha value is -1.04. The van der Waals surface area contributed by atoms with Gasteiger partial charge in [0.1, 0.15) is 0 Å². The minimum atomic E-state index is 0.742. The maximum atomic E-state index is 2.56. The third-order valence-electron chi connectivity index (χ3n) is 5.24. The molecule has 0 aromatic heterocycles. The second-order valence-electron chi connectivity index (χ2n) is 6.08. The summed E-state index contributed by atoms with van der Waals surface area (Å²) in [4.78, 5) is 0. The molecule has 0 aromatic carbocycles. The Labute approximate surface area is 111 Å². The van der Waals surface area contributed by atoms with Gasteiger partial charge in [0.05, 0.1) is 0 Å². The minimum absolute atomic E-state index is 0.742. The molecule has 0 amide bonds. The summed E-state index contributed by atoms with van der Waals surface area (Å²) in [6, 6.07) is 0. The molecule has 0 aliphatic heterocycles. The van der Waals surface area contributed by atoms with Crippen molar-refractivity contribution < 1.29 is 0 Å². The maximum absolute atomic E-state index is 2.56. The van der Waals surface area contributed by atoms with Crippen LogP contribution in [0.15, 0.2) is 47.6 Å². The van der Waals surface area contributed by atoms with Gasteiger partial charge in [-0.15, -0.1) is 0 Å². The summed E-state index contributed by atoms with van der Waals surface area (Å²) < 4.78 is 0. The van der Waals surface area contributed by atoms with Crippen LogP contribution >= 0.6 is 0 Å². The minimum Gasteiger partial charge on any atom is -0.0799 e. The Morgan fingerprint density at radius 1 is 0.778 bits per heavy atom. The van der Waals surface area contributed by atoms with Gasteiger partial charge in [-0.25, -0.2) is 0 Å². The topological polar surface area (TPSA) is 0 Å². The van der Waals surface area contributed by atoms with Gasteiger partial charge in [-0.2, -0.15) is 0 Å². The molecule has 0 heterocycles. The first-order valence-corrected chi connectivity index (χ1v) is 7.52. The average molecular weight is 240 g/mol. The summed E-state index contributed by atoms with van der Waals surface area (Å²) in [7, 11) is 0. The predicted molar refractivity (Wildman–Crippen MR) is 78.2 cm³/mol. The largest absolute Gasteiger partial charge is 0.0799 e. The lowest BCUT2D eigenvalue weighted by Gasteiger charge is -2.24. The van der Waals surface area contributed by atoms with Crippen molar-refractivity contribution >= 4 is 0 Å². The molecule has 18 heavy (non-hydrogen) atoms. The van der Waals surface area contributed by atoms with Crippen LogP contribution in [0.25, 0.3) is 0 Å². The standard InChI is InChI=1S/C18H24/c1-4-13-6-8-15-16-9-7-14(5-2)11-18(16)12(3)17(15)10-13/h6-12,15-18H,4-5H2,1-3H3. The average Bonchev–Trinajstić information content (AvgIpc) is 2.71. The number of hydrogen-bond donors (Lipinski definition) is 0. The van der Waals surface area contributed by atoms with Gasteiger partial charge in [-0.05, 0) is 42.4 Å². The van der Waals surface area contributed by atoms with Crippen molar-refractivity contribution in [3.05, 3.63) is 47.6 Å². The molecule has 0 bridgehead atoms. The monoisotopic (exact) mass is 240 g/mol. The van der Waals surface area contributed by atoms with Crippen molar-refractivity contribution in [2.45, 2.75) is 33.6 Å². The van der Waals surface area contributed by atoms with E-state index in [1.807, 2.05) is 0 Å². The summed E-state index contributed by atoms with van der Waals surface area (Å²) in [5, 5.41) is 0. The maximum Gasteiger partial charge on any atom is -0.00955 e. The molecule has 0 heteroatoms. The zero-order chi connectivity index (χ0) is 12.7. The van der Waals surface area contributed by atoms with Gasteiger partial charge in [-0.1, -0.05) is 68.4 Å². The van der Waals surface area contributed by atoms with Crippen LogP contribution in [-0.4, -0.2) is 0 Å². The highest BCUT2D eigenvalue weighted by atomic mass is 14.5. The molecule has 0 saturated heterocycles. The molecule has 96 valence electrons. The lowest BCUT2D eigenvalue weighted by Crippen LogP contribution is -2.16. The Balaban J connectivity index is 1.92. The van der Waals surface area contributed by atoms with Gasteiger partial charge < -0.3 is 0 Å². The van der Waals surface area contributed by atoms with Gasteiger partial charge in [-0.3, -0.25) is 0 Å². The molecular weight excluding hydrogens is 216 g/mol. The predicted octanol–water partition coefficient (Wildman–Crippen LogP) is 4.91. The van der Waals surface area contributed by atoms with Crippen molar-refractivity contribution in [3.8, 4) is 0 Å². The van der Waals surface area contributed by atoms with E-state index < -0.39 is 0 Å². The van der Waals surface area contributed by atoms with Gasteiger partial charge in [0.15, 0.2) is 0 Å². The number of allylic oxidation sites excluding steroid dienone is 8. The van der Waals surface area contributed by atoms with Crippen molar-refractivity contribution in [1.29, 1.82) is 0 Å². The summed E-state index contributed by atoms with van der Waals surface area (Å²) in [6.07, 6.45) is 17.2. The van der Waals surface area contributed by atoms with Crippen molar-refractivity contribution in [3.63, 3.8) is 0 Å². The van der Waals surface area contributed by atoms with Crippen LogP contribution in [0, 0.1) is 29.6 Å². The van der Waals surface area contributed by atoms with Crippen molar-refractivity contribution in [1.82, 2.24) is 0 Å². The first kappa shape index (κ1) is 12.0. The van der Waals surface area contributed by atoms with Gasteiger partial charge >= 0.3 is 0 Å². The fraction of sp³-hybridized carbons (Fsp3) is 0.556. The van der Waals surface area contributed by atoms with E-state index in [2.05, 4.69) is 57.2 Å². The first-order valence-electron chi connectivity index (χ1n) is 7.52. The molecule has 1 saturated carbocycles. The van der Waals surface area contributed by atoms with Crippen molar-refractivity contribution in [2.75, 3.05) is 0 Å². The van der Waals surface area contributed by atoms with Gasteiger partial charge in [0, 0.05) is 0 Å². The summed E-state index contributed by atoms with van der Waals surface area (Å²) in [5.74, 6) is 3.80. The number of rotatable bonds is 2. The van der Waals surface area contributed by atoms with Crippen LogP contribution in [0.1, 0.15) is 33.6 Å². The van der Waals surface area contributed by atoms with E-state index in [0.29, 0.717) is 0 Å². The normalized spacial score (nSPS) is 41.2. The summed E-state index contributed by atoms with van der Waals surface area (Å²) in [5.41, 5.74) is 3.07. The lowest BCUT2D eigenvalue weighted by molar-refractivity contribution is 0.411. The highest BCUT2D eigenvalue weighted by Crippen LogP contribution is 2.52. The molecule has 0 radical (unpaired) electrons. The van der Waals surface area contributed by atoms with E-state index in [1.54, 1.807) is 0 Å². The van der Waals surface area contributed by atoms with E-state index in [0.717, 1.165) is 29.6 Å². The zero-order valence-electron chi connectivity index (χ0n) is 11.8. The van der Waals surface area contributed by atoms with Crippen LogP contribution in [-0.2, 0) is 0 Å². The fourth-order valence-electron chi connectivity index (χ4n) is 4.06. The van der Waals surface area contributed by atoms with E-state index in [1.165, 1.54) is 24.0 Å². The third kappa shape index (κ3) is 1.74. The Morgan fingerprint density at radius 3 is 1.61 bits per heavy atom. The molecule has 4 unspecified atom stereocenters. The molecule has 3 aliphatic rings. The van der Waals surface area contributed by atoms with Crippen LogP contribution in [0.3, 0.4) is 0 Å². The second kappa shape index (κ2) is 4.57. The molecule has 0 spiro atoms. The Morgan fingerprint density at radius 2 is 1.22 bits per heavy atom. The molecule has 3 rings (SSSR count). The molecule has 0 aromatic rings. The van der Waals surface area contributed by atoms with Crippen LogP contribution in [0.2, 0.25) is 0 Å². The SMILES string of the molecule is CCC1=CC2C(C)C3C=C(CC)C=CC3C2C=C1. The van der Waals surface area contributed by atoms with E-state index >= 15 is 0 Å². The van der Waals surface area contributed by atoms with Crippen LogP contribution < -0.4 is 0 Å². The number of fused-ring (bicyclic) bond motifs is 3. The molecular formula is C18H24. The second-order valence-corrected chi connectivity index (χ2v) is 6.08.